The summed E-state index contributed by atoms with van der Waals surface area (Å²) in [6.07, 6.45) is 0. The van der Waals surface area contributed by atoms with Gasteiger partial charge in [0.15, 0.2) is 0 Å². The molecule has 0 spiro atoms. The predicted octanol–water partition coefficient (Wildman–Crippen LogP) is 5.87. The van der Waals surface area contributed by atoms with E-state index in [-0.39, 0.29) is 5.41 Å². The van der Waals surface area contributed by atoms with Crippen molar-refractivity contribution in [2.24, 2.45) is 0 Å². The number of para-hydroxylation sites is 1. The molecule has 1 nitrogen and oxygen atoms in total. The lowest BCUT2D eigenvalue weighted by Gasteiger charge is -2.22. The fourth-order valence-corrected chi connectivity index (χ4v) is 2.32. The molecular weight excluding hydrogens is 291 g/mol. The van der Waals surface area contributed by atoms with Crippen LogP contribution < -0.4 is 4.74 Å². The zero-order valence-corrected chi connectivity index (χ0v) is 13.4. The molecule has 0 heterocycles. The highest BCUT2D eigenvalue weighted by molar-refractivity contribution is 6.42. The van der Waals surface area contributed by atoms with Gasteiger partial charge in [-0.2, -0.15) is 0 Å². The summed E-state index contributed by atoms with van der Waals surface area (Å²) in [5.74, 6) is 0.908. The standard InChI is InChI=1S/C17H18Cl2O/c1-17(2,3)13-6-4-5-7-16(13)20-11-12-8-9-14(18)15(19)10-12/h4-10H,11H2,1-3H3. The van der Waals surface area contributed by atoms with Crippen molar-refractivity contribution in [1.29, 1.82) is 0 Å². The molecule has 0 fully saturated rings. The van der Waals surface area contributed by atoms with E-state index in [0.717, 1.165) is 11.3 Å². The lowest BCUT2D eigenvalue weighted by Crippen LogP contribution is -2.13. The van der Waals surface area contributed by atoms with Gasteiger partial charge in [-0.15, -0.1) is 0 Å². The van der Waals surface area contributed by atoms with E-state index in [0.29, 0.717) is 16.7 Å². The smallest absolute Gasteiger partial charge is 0.123 e. The molecule has 106 valence electrons. The minimum atomic E-state index is 0.0498. The molecule has 20 heavy (non-hydrogen) atoms. The first kappa shape index (κ1) is 15.2. The third-order valence-electron chi connectivity index (χ3n) is 3.07. The van der Waals surface area contributed by atoms with Gasteiger partial charge in [0, 0.05) is 0 Å². The van der Waals surface area contributed by atoms with Crippen LogP contribution in [-0.2, 0) is 12.0 Å². The minimum absolute atomic E-state index is 0.0498. The number of hydrogen-bond acceptors (Lipinski definition) is 1. The van der Waals surface area contributed by atoms with Crippen molar-refractivity contribution >= 4 is 23.2 Å². The van der Waals surface area contributed by atoms with Crippen molar-refractivity contribution in [3.63, 3.8) is 0 Å². The van der Waals surface area contributed by atoms with E-state index in [1.54, 1.807) is 6.07 Å². The zero-order valence-electron chi connectivity index (χ0n) is 11.9. The van der Waals surface area contributed by atoms with Crippen molar-refractivity contribution in [3.8, 4) is 5.75 Å². The van der Waals surface area contributed by atoms with Gasteiger partial charge in [-0.1, -0.05) is 68.2 Å². The third kappa shape index (κ3) is 3.68. The molecule has 0 N–H and O–H groups in total. The van der Waals surface area contributed by atoms with Gasteiger partial charge in [0.25, 0.3) is 0 Å². The number of halogens is 2. The lowest BCUT2D eigenvalue weighted by molar-refractivity contribution is 0.297. The maximum absolute atomic E-state index is 6.01. The van der Waals surface area contributed by atoms with E-state index in [1.807, 2.05) is 30.3 Å². The number of benzene rings is 2. The van der Waals surface area contributed by atoms with Crippen LogP contribution in [0.15, 0.2) is 42.5 Å². The van der Waals surface area contributed by atoms with Gasteiger partial charge in [0.2, 0.25) is 0 Å². The first-order valence-corrected chi connectivity index (χ1v) is 7.30. The highest BCUT2D eigenvalue weighted by Crippen LogP contribution is 2.31. The fourth-order valence-electron chi connectivity index (χ4n) is 2.00. The summed E-state index contributed by atoms with van der Waals surface area (Å²) in [7, 11) is 0. The molecule has 0 saturated heterocycles. The summed E-state index contributed by atoms with van der Waals surface area (Å²) < 4.78 is 5.94. The molecule has 0 aliphatic heterocycles. The predicted molar refractivity (Wildman–Crippen MR) is 85.9 cm³/mol. The van der Waals surface area contributed by atoms with E-state index < -0.39 is 0 Å². The van der Waals surface area contributed by atoms with Gasteiger partial charge in [0.1, 0.15) is 12.4 Å². The zero-order chi connectivity index (χ0) is 14.8. The Morgan fingerprint density at radius 3 is 2.30 bits per heavy atom. The molecule has 2 rings (SSSR count). The van der Waals surface area contributed by atoms with E-state index in [2.05, 4.69) is 26.8 Å². The topological polar surface area (TPSA) is 9.23 Å². The monoisotopic (exact) mass is 308 g/mol. The van der Waals surface area contributed by atoms with E-state index in [1.165, 1.54) is 5.56 Å². The Hall–Kier alpha value is -1.18. The van der Waals surface area contributed by atoms with Gasteiger partial charge < -0.3 is 4.74 Å². The molecule has 0 aliphatic rings. The van der Waals surface area contributed by atoms with E-state index in [4.69, 9.17) is 27.9 Å². The Labute approximate surface area is 130 Å². The van der Waals surface area contributed by atoms with Crippen LogP contribution in [0.2, 0.25) is 10.0 Å². The summed E-state index contributed by atoms with van der Waals surface area (Å²) in [5.41, 5.74) is 2.25. The highest BCUT2D eigenvalue weighted by Gasteiger charge is 2.18. The largest absolute Gasteiger partial charge is 0.489 e. The molecule has 0 unspecified atom stereocenters. The number of ether oxygens (including phenoxy) is 1. The summed E-state index contributed by atoms with van der Waals surface area (Å²) in [6, 6.07) is 13.7. The SMILES string of the molecule is CC(C)(C)c1ccccc1OCc1ccc(Cl)c(Cl)c1. The first-order chi connectivity index (χ1) is 9.38. The van der Waals surface area contributed by atoms with Crippen LogP contribution in [0.4, 0.5) is 0 Å². The Balaban J connectivity index is 2.17. The third-order valence-corrected chi connectivity index (χ3v) is 3.81. The van der Waals surface area contributed by atoms with Crippen LogP contribution in [0.1, 0.15) is 31.9 Å². The van der Waals surface area contributed by atoms with Crippen molar-refractivity contribution in [1.82, 2.24) is 0 Å². The summed E-state index contributed by atoms with van der Waals surface area (Å²) >= 11 is 11.9. The molecule has 0 bridgehead atoms. The van der Waals surface area contributed by atoms with Crippen LogP contribution in [-0.4, -0.2) is 0 Å². The molecule has 0 amide bonds. The molecule has 3 heteroatoms. The van der Waals surface area contributed by atoms with E-state index in [9.17, 15) is 0 Å². The van der Waals surface area contributed by atoms with Crippen LogP contribution in [0.25, 0.3) is 0 Å². The Kier molecular flexibility index (Phi) is 4.62. The quantitative estimate of drug-likeness (QED) is 0.689. The summed E-state index contributed by atoms with van der Waals surface area (Å²) in [4.78, 5) is 0. The highest BCUT2D eigenvalue weighted by atomic mass is 35.5. The minimum Gasteiger partial charge on any atom is -0.489 e. The van der Waals surface area contributed by atoms with Crippen LogP contribution in [0.3, 0.4) is 0 Å². The van der Waals surface area contributed by atoms with Crippen LogP contribution in [0, 0.1) is 0 Å². The normalized spacial score (nSPS) is 11.4. The fraction of sp³-hybridized carbons (Fsp3) is 0.294. The van der Waals surface area contributed by atoms with E-state index >= 15 is 0 Å². The molecule has 0 aliphatic carbocycles. The molecule has 0 atom stereocenters. The molecule has 2 aromatic rings. The van der Waals surface area contributed by atoms with Crippen molar-refractivity contribution in [2.45, 2.75) is 32.8 Å². The van der Waals surface area contributed by atoms with Gasteiger partial charge in [-0.3, -0.25) is 0 Å². The molecule has 0 radical (unpaired) electrons. The first-order valence-electron chi connectivity index (χ1n) is 6.54. The molecular formula is C17H18Cl2O. The number of rotatable bonds is 3. The second-order valence-electron chi connectivity index (χ2n) is 5.78. The van der Waals surface area contributed by atoms with Crippen LogP contribution >= 0.6 is 23.2 Å². The summed E-state index contributed by atoms with van der Waals surface area (Å²) in [5, 5.41) is 1.11. The molecule has 0 aromatic heterocycles. The Morgan fingerprint density at radius 2 is 1.65 bits per heavy atom. The lowest BCUT2D eigenvalue weighted by atomic mass is 9.86. The maximum atomic E-state index is 6.01. The second kappa shape index (κ2) is 6.07. The Bertz CT molecular complexity index is 600. The van der Waals surface area contributed by atoms with Gasteiger partial charge in [-0.05, 0) is 34.7 Å². The van der Waals surface area contributed by atoms with Crippen molar-refractivity contribution in [3.05, 3.63) is 63.6 Å². The number of hydrogen-bond donors (Lipinski definition) is 0. The van der Waals surface area contributed by atoms with Gasteiger partial charge >= 0.3 is 0 Å². The summed E-state index contributed by atoms with van der Waals surface area (Å²) in [6.45, 7) is 7.00. The van der Waals surface area contributed by atoms with Crippen molar-refractivity contribution in [2.75, 3.05) is 0 Å². The average Bonchev–Trinajstić information content (AvgIpc) is 2.39. The van der Waals surface area contributed by atoms with Gasteiger partial charge in [-0.25, -0.2) is 0 Å². The van der Waals surface area contributed by atoms with Crippen LogP contribution in [0.5, 0.6) is 5.75 Å². The second-order valence-corrected chi connectivity index (χ2v) is 6.60. The van der Waals surface area contributed by atoms with Crippen molar-refractivity contribution < 1.29 is 4.74 Å². The average molecular weight is 309 g/mol. The Morgan fingerprint density at radius 1 is 0.950 bits per heavy atom. The van der Waals surface area contributed by atoms with Gasteiger partial charge in [0.05, 0.1) is 10.0 Å². The molecule has 0 saturated carbocycles. The molecule has 2 aromatic carbocycles. The maximum Gasteiger partial charge on any atom is 0.123 e.